The van der Waals surface area contributed by atoms with Crippen LogP contribution in [0.5, 0.6) is 0 Å². The van der Waals surface area contributed by atoms with Crippen LogP contribution >= 0.6 is 0 Å². The molecule has 1 aromatic rings. The molecule has 1 heterocycles. The van der Waals surface area contributed by atoms with Gasteiger partial charge in [-0.05, 0) is 12.5 Å². The summed E-state index contributed by atoms with van der Waals surface area (Å²) in [6, 6.07) is 0. The molecule has 0 aliphatic rings. The molecule has 1 rings (SSSR count). The highest BCUT2D eigenvalue weighted by molar-refractivity contribution is 5.58. The van der Waals surface area contributed by atoms with Crippen molar-refractivity contribution in [3.05, 3.63) is 46.2 Å². The first-order valence-corrected chi connectivity index (χ1v) is 4.53. The topological polar surface area (TPSA) is 68.9 Å². The molecule has 0 aliphatic carbocycles. The second-order valence-electron chi connectivity index (χ2n) is 2.74. The van der Waals surface area contributed by atoms with Gasteiger partial charge >= 0.3 is 0 Å². The number of allylic oxidation sites excluding steroid dienone is 1. The van der Waals surface area contributed by atoms with Crippen molar-refractivity contribution in [2.75, 3.05) is 0 Å². The second kappa shape index (κ2) is 5.64. The Morgan fingerprint density at radius 3 is 2.47 bits per heavy atom. The van der Waals surface area contributed by atoms with Crippen LogP contribution in [-0.2, 0) is 0 Å². The van der Waals surface area contributed by atoms with Gasteiger partial charge in [0, 0.05) is 18.5 Å². The van der Waals surface area contributed by atoms with E-state index in [-0.39, 0.29) is 0 Å². The van der Waals surface area contributed by atoms with Gasteiger partial charge in [-0.3, -0.25) is 20.1 Å². The number of nitrogens with zero attached hydrogens (tertiary/aromatic N) is 3. The number of hydrogen-bond donors (Lipinski definition) is 0. The standard InChI is InChI=1S/C10H11N3O2/c1-2-3-4-9-10(5-8-13(14)15)12-7-6-11-9/h3-8H,2H2,1H3/b4-3-,8-5+. The van der Waals surface area contributed by atoms with E-state index in [0.717, 1.165) is 12.6 Å². The van der Waals surface area contributed by atoms with Crippen LogP contribution in [0.25, 0.3) is 12.2 Å². The highest BCUT2D eigenvalue weighted by atomic mass is 16.6. The Kier molecular flexibility index (Phi) is 4.15. The lowest BCUT2D eigenvalue weighted by atomic mass is 10.2. The highest BCUT2D eigenvalue weighted by Crippen LogP contribution is 2.06. The number of aromatic nitrogens is 2. The van der Waals surface area contributed by atoms with Crippen molar-refractivity contribution < 1.29 is 4.92 Å². The van der Waals surface area contributed by atoms with Gasteiger partial charge in [-0.1, -0.05) is 13.0 Å². The van der Waals surface area contributed by atoms with Crippen LogP contribution in [0, 0.1) is 10.1 Å². The molecular formula is C10H11N3O2. The van der Waals surface area contributed by atoms with Gasteiger partial charge in [-0.2, -0.15) is 0 Å². The largest absolute Gasteiger partial charge is 0.259 e. The molecule has 0 saturated heterocycles. The van der Waals surface area contributed by atoms with Gasteiger partial charge in [0.25, 0.3) is 0 Å². The van der Waals surface area contributed by atoms with Gasteiger partial charge in [0.2, 0.25) is 6.20 Å². The maximum Gasteiger partial charge on any atom is 0.236 e. The Balaban J connectivity index is 2.96. The molecule has 0 spiro atoms. The molecule has 0 N–H and O–H groups in total. The molecule has 0 saturated carbocycles. The summed E-state index contributed by atoms with van der Waals surface area (Å²) in [6.45, 7) is 2.00. The Bertz CT molecular complexity index is 399. The van der Waals surface area contributed by atoms with E-state index in [9.17, 15) is 10.1 Å². The van der Waals surface area contributed by atoms with E-state index in [0.29, 0.717) is 11.4 Å². The number of rotatable bonds is 4. The average molecular weight is 205 g/mol. The van der Waals surface area contributed by atoms with Crippen molar-refractivity contribution in [1.29, 1.82) is 0 Å². The van der Waals surface area contributed by atoms with Gasteiger partial charge in [0.1, 0.15) is 0 Å². The van der Waals surface area contributed by atoms with Crippen molar-refractivity contribution in [3.63, 3.8) is 0 Å². The van der Waals surface area contributed by atoms with E-state index in [1.54, 1.807) is 12.3 Å². The summed E-state index contributed by atoms with van der Waals surface area (Å²) in [7, 11) is 0. The Hall–Kier alpha value is -2.04. The van der Waals surface area contributed by atoms with Crippen molar-refractivity contribution in [2.45, 2.75) is 13.3 Å². The predicted molar refractivity (Wildman–Crippen MR) is 57.4 cm³/mol. The van der Waals surface area contributed by atoms with Crippen LogP contribution in [0.2, 0.25) is 0 Å². The van der Waals surface area contributed by atoms with Gasteiger partial charge in [-0.15, -0.1) is 0 Å². The van der Waals surface area contributed by atoms with E-state index in [1.165, 1.54) is 12.3 Å². The molecule has 0 radical (unpaired) electrons. The lowest BCUT2D eigenvalue weighted by molar-refractivity contribution is -0.401. The fourth-order valence-electron chi connectivity index (χ4n) is 0.977. The first kappa shape index (κ1) is 11.0. The molecule has 5 nitrogen and oxygen atoms in total. The summed E-state index contributed by atoms with van der Waals surface area (Å²) in [5, 5.41) is 10.2. The third kappa shape index (κ3) is 3.68. The Labute approximate surface area is 87.3 Å². The smallest absolute Gasteiger partial charge is 0.236 e. The molecule has 0 aliphatic heterocycles. The van der Waals surface area contributed by atoms with Gasteiger partial charge in [-0.25, -0.2) is 0 Å². The predicted octanol–water partition coefficient (Wildman–Crippen LogP) is 2.15. The lowest BCUT2D eigenvalue weighted by Crippen LogP contribution is -1.91. The van der Waals surface area contributed by atoms with Gasteiger partial charge in [0.05, 0.1) is 16.3 Å². The molecule has 0 fully saturated rings. The molecule has 15 heavy (non-hydrogen) atoms. The van der Waals surface area contributed by atoms with E-state index >= 15 is 0 Å². The average Bonchev–Trinajstić information content (AvgIpc) is 2.24. The molecule has 0 aromatic carbocycles. The minimum atomic E-state index is -0.526. The maximum atomic E-state index is 10.2. The Morgan fingerprint density at radius 2 is 1.93 bits per heavy atom. The van der Waals surface area contributed by atoms with Crippen LogP contribution in [0.1, 0.15) is 24.7 Å². The fourth-order valence-corrected chi connectivity index (χ4v) is 0.977. The normalized spacial score (nSPS) is 11.3. The Morgan fingerprint density at radius 1 is 1.33 bits per heavy atom. The maximum absolute atomic E-state index is 10.2. The minimum absolute atomic E-state index is 0.499. The minimum Gasteiger partial charge on any atom is -0.259 e. The van der Waals surface area contributed by atoms with E-state index in [4.69, 9.17) is 0 Å². The number of nitro groups is 1. The zero-order valence-corrected chi connectivity index (χ0v) is 8.33. The number of hydrogen-bond acceptors (Lipinski definition) is 4. The summed E-state index contributed by atoms with van der Waals surface area (Å²) in [6.07, 6.45) is 9.85. The van der Waals surface area contributed by atoms with E-state index in [1.807, 2.05) is 13.0 Å². The van der Waals surface area contributed by atoms with Gasteiger partial charge < -0.3 is 0 Å². The molecule has 1 aromatic heterocycles. The van der Waals surface area contributed by atoms with E-state index < -0.39 is 4.92 Å². The van der Waals surface area contributed by atoms with E-state index in [2.05, 4.69) is 9.97 Å². The van der Waals surface area contributed by atoms with Crippen LogP contribution in [-0.4, -0.2) is 14.9 Å². The summed E-state index contributed by atoms with van der Waals surface area (Å²) in [4.78, 5) is 17.7. The van der Waals surface area contributed by atoms with Crippen molar-refractivity contribution in [3.8, 4) is 0 Å². The monoisotopic (exact) mass is 205 g/mol. The summed E-state index contributed by atoms with van der Waals surface area (Å²) in [5.41, 5.74) is 1.14. The SMILES string of the molecule is CC/C=C\c1nccnc1/C=C/[N+](=O)[O-]. The third-order valence-electron chi connectivity index (χ3n) is 1.62. The van der Waals surface area contributed by atoms with Crippen molar-refractivity contribution >= 4 is 12.2 Å². The highest BCUT2D eigenvalue weighted by Gasteiger charge is 1.98. The summed E-state index contributed by atoms with van der Waals surface area (Å²) in [5.74, 6) is 0. The fraction of sp³-hybridized carbons (Fsp3) is 0.200. The molecule has 0 amide bonds. The summed E-state index contributed by atoms with van der Waals surface area (Å²) >= 11 is 0. The zero-order chi connectivity index (χ0) is 11.1. The first-order chi connectivity index (χ1) is 7.24. The van der Waals surface area contributed by atoms with Crippen LogP contribution in [0.4, 0.5) is 0 Å². The molecule has 0 atom stereocenters. The molecule has 78 valence electrons. The van der Waals surface area contributed by atoms with Gasteiger partial charge in [0.15, 0.2) is 0 Å². The second-order valence-corrected chi connectivity index (χ2v) is 2.74. The lowest BCUT2D eigenvalue weighted by Gasteiger charge is -1.96. The first-order valence-electron chi connectivity index (χ1n) is 4.53. The van der Waals surface area contributed by atoms with Crippen molar-refractivity contribution in [1.82, 2.24) is 9.97 Å². The molecule has 0 bridgehead atoms. The quantitative estimate of drug-likeness (QED) is 0.557. The van der Waals surface area contributed by atoms with Crippen molar-refractivity contribution in [2.24, 2.45) is 0 Å². The van der Waals surface area contributed by atoms with Crippen LogP contribution in [0.3, 0.4) is 0 Å². The van der Waals surface area contributed by atoms with Crippen LogP contribution in [0.15, 0.2) is 24.7 Å². The molecule has 5 heteroatoms. The molecule has 0 unspecified atom stereocenters. The molecular weight excluding hydrogens is 194 g/mol. The summed E-state index contributed by atoms with van der Waals surface area (Å²) < 4.78 is 0. The van der Waals surface area contributed by atoms with Crippen LogP contribution < -0.4 is 0 Å². The zero-order valence-electron chi connectivity index (χ0n) is 8.33. The third-order valence-corrected chi connectivity index (χ3v) is 1.62.